The zero-order valence-electron chi connectivity index (χ0n) is 12.9. The molecule has 0 aromatic heterocycles. The van der Waals surface area contributed by atoms with Gasteiger partial charge in [0.05, 0.1) is 0 Å². The highest BCUT2D eigenvalue weighted by molar-refractivity contribution is 4.79. The lowest BCUT2D eigenvalue weighted by Crippen LogP contribution is -2.42. The molecule has 18 heavy (non-hydrogen) atoms. The van der Waals surface area contributed by atoms with E-state index in [0.717, 1.165) is 12.1 Å². The van der Waals surface area contributed by atoms with Crippen molar-refractivity contribution in [1.82, 2.24) is 10.2 Å². The van der Waals surface area contributed by atoms with Gasteiger partial charge in [0.15, 0.2) is 0 Å². The van der Waals surface area contributed by atoms with Crippen LogP contribution >= 0.6 is 0 Å². The average molecular weight is 254 g/mol. The van der Waals surface area contributed by atoms with Crippen LogP contribution in [0.1, 0.15) is 72.1 Å². The van der Waals surface area contributed by atoms with Gasteiger partial charge >= 0.3 is 0 Å². The van der Waals surface area contributed by atoms with Crippen molar-refractivity contribution in [2.45, 2.75) is 84.2 Å². The van der Waals surface area contributed by atoms with Crippen LogP contribution in [0.15, 0.2) is 0 Å². The summed E-state index contributed by atoms with van der Waals surface area (Å²) in [5.41, 5.74) is 0. The van der Waals surface area contributed by atoms with Crippen molar-refractivity contribution in [3.8, 4) is 0 Å². The van der Waals surface area contributed by atoms with Gasteiger partial charge in [0, 0.05) is 18.6 Å². The molecule has 0 aromatic carbocycles. The third-order valence-corrected chi connectivity index (χ3v) is 4.37. The Morgan fingerprint density at radius 2 is 1.94 bits per heavy atom. The highest BCUT2D eigenvalue weighted by Crippen LogP contribution is 2.14. The first-order chi connectivity index (χ1) is 8.77. The molecule has 0 aliphatic carbocycles. The first-order valence-corrected chi connectivity index (χ1v) is 8.25. The second kappa shape index (κ2) is 9.80. The molecule has 1 fully saturated rings. The summed E-state index contributed by atoms with van der Waals surface area (Å²) in [5, 5.41) is 3.62. The van der Waals surface area contributed by atoms with E-state index in [4.69, 9.17) is 0 Å². The van der Waals surface area contributed by atoms with Crippen molar-refractivity contribution in [2.75, 3.05) is 19.6 Å². The second-order valence-corrected chi connectivity index (χ2v) is 5.93. The minimum absolute atomic E-state index is 0.757. The zero-order valence-corrected chi connectivity index (χ0v) is 12.9. The van der Waals surface area contributed by atoms with Crippen molar-refractivity contribution in [2.24, 2.45) is 0 Å². The highest BCUT2D eigenvalue weighted by Gasteiger charge is 2.19. The number of unbranched alkanes of at least 4 members (excludes halogenated alkanes) is 4. The fraction of sp³-hybridized carbons (Fsp3) is 1.00. The van der Waals surface area contributed by atoms with Gasteiger partial charge in [0.2, 0.25) is 0 Å². The summed E-state index contributed by atoms with van der Waals surface area (Å²) >= 11 is 0. The molecular weight excluding hydrogens is 220 g/mol. The minimum Gasteiger partial charge on any atom is -0.313 e. The van der Waals surface area contributed by atoms with Crippen molar-refractivity contribution < 1.29 is 0 Å². The zero-order chi connectivity index (χ0) is 13.2. The number of nitrogens with one attached hydrogen (secondary N) is 1. The molecule has 0 bridgehead atoms. The SMILES string of the molecule is CCCCCCCC(C)N(CC)CC1CCCN1. The van der Waals surface area contributed by atoms with Crippen LogP contribution in [0.2, 0.25) is 0 Å². The van der Waals surface area contributed by atoms with Crippen molar-refractivity contribution in [3.63, 3.8) is 0 Å². The number of hydrogen-bond acceptors (Lipinski definition) is 2. The van der Waals surface area contributed by atoms with Crippen LogP contribution in [-0.4, -0.2) is 36.6 Å². The first kappa shape index (κ1) is 16.0. The van der Waals surface area contributed by atoms with Crippen LogP contribution in [-0.2, 0) is 0 Å². The van der Waals surface area contributed by atoms with Gasteiger partial charge in [-0.2, -0.15) is 0 Å². The van der Waals surface area contributed by atoms with E-state index in [1.165, 1.54) is 71.0 Å². The fourth-order valence-corrected chi connectivity index (χ4v) is 3.04. The first-order valence-electron chi connectivity index (χ1n) is 8.25. The van der Waals surface area contributed by atoms with E-state index in [2.05, 4.69) is 31.0 Å². The van der Waals surface area contributed by atoms with Crippen LogP contribution in [0, 0.1) is 0 Å². The molecule has 2 atom stereocenters. The van der Waals surface area contributed by atoms with E-state index in [1.54, 1.807) is 0 Å². The lowest BCUT2D eigenvalue weighted by molar-refractivity contribution is 0.189. The van der Waals surface area contributed by atoms with Crippen LogP contribution in [0.25, 0.3) is 0 Å². The maximum atomic E-state index is 3.62. The Morgan fingerprint density at radius 3 is 2.56 bits per heavy atom. The lowest BCUT2D eigenvalue weighted by atomic mass is 10.1. The maximum Gasteiger partial charge on any atom is 0.0195 e. The van der Waals surface area contributed by atoms with Crippen LogP contribution < -0.4 is 5.32 Å². The quantitative estimate of drug-likeness (QED) is 0.596. The van der Waals surface area contributed by atoms with Gasteiger partial charge in [-0.25, -0.2) is 0 Å². The van der Waals surface area contributed by atoms with Crippen LogP contribution in [0.3, 0.4) is 0 Å². The molecule has 1 heterocycles. The van der Waals surface area contributed by atoms with Crippen LogP contribution in [0.4, 0.5) is 0 Å². The van der Waals surface area contributed by atoms with Crippen LogP contribution in [0.5, 0.6) is 0 Å². The molecule has 2 heteroatoms. The van der Waals surface area contributed by atoms with Gasteiger partial charge in [-0.05, 0) is 39.3 Å². The van der Waals surface area contributed by atoms with E-state index in [1.807, 2.05) is 0 Å². The van der Waals surface area contributed by atoms with Crippen molar-refractivity contribution in [3.05, 3.63) is 0 Å². The Hall–Kier alpha value is -0.0800. The minimum atomic E-state index is 0.757. The monoisotopic (exact) mass is 254 g/mol. The molecule has 1 aliphatic heterocycles. The van der Waals surface area contributed by atoms with E-state index in [9.17, 15) is 0 Å². The molecule has 0 spiro atoms. The molecule has 0 radical (unpaired) electrons. The van der Waals surface area contributed by atoms with E-state index >= 15 is 0 Å². The largest absolute Gasteiger partial charge is 0.313 e. The maximum absolute atomic E-state index is 3.62. The molecule has 1 saturated heterocycles. The molecule has 2 nitrogen and oxygen atoms in total. The Morgan fingerprint density at radius 1 is 1.17 bits per heavy atom. The lowest BCUT2D eigenvalue weighted by Gasteiger charge is -2.30. The summed E-state index contributed by atoms with van der Waals surface area (Å²) in [5.74, 6) is 0. The Balaban J connectivity index is 2.13. The third-order valence-electron chi connectivity index (χ3n) is 4.37. The molecular formula is C16H34N2. The topological polar surface area (TPSA) is 15.3 Å². The molecule has 0 saturated carbocycles. The normalized spacial score (nSPS) is 21.7. The summed E-state index contributed by atoms with van der Waals surface area (Å²) in [6.07, 6.45) is 11.2. The van der Waals surface area contributed by atoms with Gasteiger partial charge in [-0.3, -0.25) is 4.90 Å². The Labute approximate surface area is 115 Å². The molecule has 1 N–H and O–H groups in total. The smallest absolute Gasteiger partial charge is 0.0195 e. The average Bonchev–Trinajstić information content (AvgIpc) is 2.88. The standard InChI is InChI=1S/C16H34N2/c1-4-6-7-8-9-11-15(3)18(5-2)14-16-12-10-13-17-16/h15-17H,4-14H2,1-3H3. The molecule has 0 amide bonds. The van der Waals surface area contributed by atoms with Gasteiger partial charge in [0.1, 0.15) is 0 Å². The number of hydrogen-bond donors (Lipinski definition) is 1. The molecule has 108 valence electrons. The Bertz CT molecular complexity index is 188. The summed E-state index contributed by atoms with van der Waals surface area (Å²) in [4.78, 5) is 2.67. The predicted octanol–water partition coefficient (Wildman–Crippen LogP) is 3.81. The van der Waals surface area contributed by atoms with Gasteiger partial charge in [-0.1, -0.05) is 46.0 Å². The highest BCUT2D eigenvalue weighted by atomic mass is 15.2. The van der Waals surface area contributed by atoms with E-state index in [0.29, 0.717) is 0 Å². The van der Waals surface area contributed by atoms with Crippen molar-refractivity contribution in [1.29, 1.82) is 0 Å². The summed E-state index contributed by atoms with van der Waals surface area (Å²) in [6, 6.07) is 1.52. The summed E-state index contributed by atoms with van der Waals surface area (Å²) in [6.45, 7) is 10.7. The summed E-state index contributed by atoms with van der Waals surface area (Å²) in [7, 11) is 0. The second-order valence-electron chi connectivity index (χ2n) is 5.93. The van der Waals surface area contributed by atoms with E-state index < -0.39 is 0 Å². The molecule has 2 unspecified atom stereocenters. The van der Waals surface area contributed by atoms with E-state index in [-0.39, 0.29) is 0 Å². The number of likely N-dealkylation sites (N-methyl/N-ethyl adjacent to an activating group) is 1. The van der Waals surface area contributed by atoms with Gasteiger partial charge < -0.3 is 5.32 Å². The number of nitrogens with zero attached hydrogens (tertiary/aromatic N) is 1. The molecule has 0 aromatic rings. The Kier molecular flexibility index (Phi) is 8.70. The number of rotatable bonds is 10. The van der Waals surface area contributed by atoms with Gasteiger partial charge in [0.25, 0.3) is 0 Å². The third kappa shape index (κ3) is 6.19. The van der Waals surface area contributed by atoms with Gasteiger partial charge in [-0.15, -0.1) is 0 Å². The van der Waals surface area contributed by atoms with Crippen molar-refractivity contribution >= 4 is 0 Å². The fourth-order valence-electron chi connectivity index (χ4n) is 3.04. The molecule has 1 rings (SSSR count). The molecule has 1 aliphatic rings. The predicted molar refractivity (Wildman–Crippen MR) is 81.1 cm³/mol. The summed E-state index contributed by atoms with van der Waals surface area (Å²) < 4.78 is 0.